The molecule has 4 aromatic carbocycles. The molecule has 1 aliphatic rings. The summed E-state index contributed by atoms with van der Waals surface area (Å²) in [5, 5.41) is 27.1. The maximum absolute atomic E-state index is 10.7. The van der Waals surface area contributed by atoms with Crippen molar-refractivity contribution in [1.29, 1.82) is 0 Å². The summed E-state index contributed by atoms with van der Waals surface area (Å²) in [4.78, 5) is 25.7. The number of nitrogens with one attached hydrogen (secondary N) is 2. The van der Waals surface area contributed by atoms with E-state index >= 15 is 0 Å². The van der Waals surface area contributed by atoms with Crippen molar-refractivity contribution in [2.75, 3.05) is 85.5 Å². The fourth-order valence-electron chi connectivity index (χ4n) is 7.05. The van der Waals surface area contributed by atoms with Crippen LogP contribution in [0, 0.1) is 0 Å². The van der Waals surface area contributed by atoms with Crippen LogP contribution in [-0.2, 0) is 39.0 Å². The van der Waals surface area contributed by atoms with E-state index in [9.17, 15) is 19.8 Å². The molecule has 0 atom stereocenters. The molecule has 1 aliphatic heterocycles. The summed E-state index contributed by atoms with van der Waals surface area (Å²) in [5.41, 5.74) is 6.11. The molecule has 0 radical (unpaired) electrons. The van der Waals surface area contributed by atoms with Crippen molar-refractivity contribution in [2.45, 2.75) is 43.9 Å². The van der Waals surface area contributed by atoms with Gasteiger partial charge in [0.2, 0.25) is 0 Å². The van der Waals surface area contributed by atoms with Gasteiger partial charge in [0.05, 0.1) is 13.2 Å². The molecule has 10 heteroatoms. The highest BCUT2D eigenvalue weighted by Gasteiger charge is 2.39. The average molecular weight is 753 g/mol. The normalized spacial score (nSPS) is 13.8. The van der Waals surface area contributed by atoms with Gasteiger partial charge in [-0.2, -0.15) is 0 Å². The first-order chi connectivity index (χ1) is 26.8. The van der Waals surface area contributed by atoms with Gasteiger partial charge in [0.25, 0.3) is 0 Å². The third-order valence-corrected chi connectivity index (χ3v) is 10.3. The Kier molecular flexibility index (Phi) is 18.2. The third kappa shape index (κ3) is 13.2. The Morgan fingerprint density at radius 3 is 2.20 bits per heavy atom. The molecule has 1 saturated heterocycles. The SMILES string of the molecule is CN1CCC(c2ccccc2)(c2cc(CCOCCC=O)ccc2O)CC1.CNc1c(O)ccc(CCNCCN(C)CCc2ccccc2)c1OCC=O. The van der Waals surface area contributed by atoms with Crippen molar-refractivity contribution >= 4 is 18.3 Å². The molecule has 4 N–H and O–H groups in total. The number of hydrogen-bond acceptors (Lipinski definition) is 10. The van der Waals surface area contributed by atoms with Crippen LogP contribution in [0.2, 0.25) is 0 Å². The lowest BCUT2D eigenvalue weighted by atomic mass is 9.67. The van der Waals surface area contributed by atoms with E-state index in [0.29, 0.717) is 43.1 Å². The number of nitrogens with zero attached hydrogens (tertiary/aromatic N) is 2. The number of ether oxygens (including phenoxy) is 2. The Bertz CT molecular complexity index is 1710. The minimum atomic E-state index is -0.160. The molecule has 296 valence electrons. The van der Waals surface area contributed by atoms with Gasteiger partial charge in [0.1, 0.15) is 35.8 Å². The number of phenolic OH excluding ortho intramolecular Hbond substituents is 2. The van der Waals surface area contributed by atoms with Crippen LogP contribution >= 0.6 is 0 Å². The number of piperidine rings is 1. The van der Waals surface area contributed by atoms with Gasteiger partial charge in [-0.05, 0) is 100 Å². The number of likely N-dealkylation sites (N-methyl/N-ethyl adjacent to an activating group) is 1. The lowest BCUT2D eigenvalue weighted by molar-refractivity contribution is -0.110. The number of carbonyl (C=O) groups excluding carboxylic acids is 2. The van der Waals surface area contributed by atoms with Crippen molar-refractivity contribution in [3.05, 3.63) is 119 Å². The molecular weight excluding hydrogens is 693 g/mol. The fraction of sp³-hybridized carbons (Fsp3) is 0.422. The standard InChI is InChI=1S/C23H29NO3.C22H31N3O3/c1-24-13-11-23(12-14-24,20-6-3-2-4-7-20)21-18-19(8-9-22(21)26)10-17-27-16-5-15-25;1-23-21-20(27)9-8-19(22(21)28-17-16-26)10-12-24-13-15-25(2)14-11-18-6-4-3-5-7-18/h2-4,6-9,15,18,26H,5,10-14,16-17H2,1H3;3-9,16,23-24,27H,10-15,17H2,1-2H3. The van der Waals surface area contributed by atoms with Crippen molar-refractivity contribution < 1.29 is 29.3 Å². The highest BCUT2D eigenvalue weighted by atomic mass is 16.5. The molecular formula is C45H60N4O6. The molecule has 4 aromatic rings. The summed E-state index contributed by atoms with van der Waals surface area (Å²) in [5.74, 6) is 1.02. The van der Waals surface area contributed by atoms with E-state index in [2.05, 4.69) is 89.1 Å². The Hall–Kier alpha value is -4.74. The second kappa shape index (κ2) is 23.2. The average Bonchev–Trinajstić information content (AvgIpc) is 3.21. The van der Waals surface area contributed by atoms with Gasteiger partial charge < -0.3 is 44.9 Å². The molecule has 55 heavy (non-hydrogen) atoms. The molecule has 1 heterocycles. The van der Waals surface area contributed by atoms with E-state index in [4.69, 9.17) is 9.47 Å². The Morgan fingerprint density at radius 2 is 1.51 bits per heavy atom. The number of carbonyl (C=O) groups is 2. The molecule has 0 unspecified atom stereocenters. The number of hydrogen-bond donors (Lipinski definition) is 4. The first kappa shape index (κ1) is 43.0. The molecule has 0 spiro atoms. The quantitative estimate of drug-likeness (QED) is 0.0467. The van der Waals surface area contributed by atoms with Gasteiger partial charge >= 0.3 is 0 Å². The second-order valence-electron chi connectivity index (χ2n) is 14.1. The Balaban J connectivity index is 0.000000245. The maximum atomic E-state index is 10.7. The topological polar surface area (TPSA) is 124 Å². The monoisotopic (exact) mass is 752 g/mol. The van der Waals surface area contributed by atoms with E-state index < -0.39 is 0 Å². The zero-order valence-corrected chi connectivity index (χ0v) is 32.8. The van der Waals surface area contributed by atoms with Crippen LogP contribution in [0.4, 0.5) is 5.69 Å². The highest BCUT2D eigenvalue weighted by Crippen LogP contribution is 2.45. The molecule has 0 saturated carbocycles. The van der Waals surface area contributed by atoms with Crippen molar-refractivity contribution in [2.24, 2.45) is 0 Å². The van der Waals surface area contributed by atoms with Gasteiger partial charge in [-0.25, -0.2) is 0 Å². The van der Waals surface area contributed by atoms with E-state index in [0.717, 1.165) is 94.3 Å². The van der Waals surface area contributed by atoms with E-state index in [1.165, 1.54) is 11.1 Å². The Labute approximate surface area is 327 Å². The van der Waals surface area contributed by atoms with E-state index in [1.54, 1.807) is 13.1 Å². The summed E-state index contributed by atoms with van der Waals surface area (Å²) in [7, 11) is 6.01. The third-order valence-electron chi connectivity index (χ3n) is 10.3. The maximum Gasteiger partial charge on any atom is 0.157 e. The molecule has 0 amide bonds. The smallest absolute Gasteiger partial charge is 0.157 e. The molecule has 5 rings (SSSR count). The number of anilines is 1. The lowest BCUT2D eigenvalue weighted by Gasteiger charge is -2.42. The van der Waals surface area contributed by atoms with Crippen LogP contribution in [0.15, 0.2) is 91.0 Å². The first-order valence-corrected chi connectivity index (χ1v) is 19.4. The number of rotatable bonds is 21. The van der Waals surface area contributed by atoms with Gasteiger partial charge in [-0.3, -0.25) is 4.79 Å². The minimum Gasteiger partial charge on any atom is -0.508 e. The predicted octanol–water partition coefficient (Wildman–Crippen LogP) is 5.87. The number of phenols is 2. The van der Waals surface area contributed by atoms with Crippen LogP contribution in [-0.4, -0.2) is 113 Å². The summed E-state index contributed by atoms with van der Waals surface area (Å²) in [6.07, 6.45) is 6.56. The van der Waals surface area contributed by atoms with Gasteiger partial charge in [-0.15, -0.1) is 0 Å². The second-order valence-corrected chi connectivity index (χ2v) is 14.1. The molecule has 10 nitrogen and oxygen atoms in total. The minimum absolute atomic E-state index is 0.0369. The van der Waals surface area contributed by atoms with E-state index in [1.807, 2.05) is 30.3 Å². The summed E-state index contributed by atoms with van der Waals surface area (Å²) >= 11 is 0. The zero-order valence-electron chi connectivity index (χ0n) is 32.8. The zero-order chi connectivity index (χ0) is 39.3. The number of likely N-dealkylation sites (tertiary alicyclic amines) is 1. The summed E-state index contributed by atoms with van der Waals surface area (Å²) < 4.78 is 11.0. The highest BCUT2D eigenvalue weighted by molar-refractivity contribution is 5.69. The van der Waals surface area contributed by atoms with Crippen LogP contribution in [0.1, 0.15) is 47.1 Å². The predicted molar refractivity (Wildman–Crippen MR) is 221 cm³/mol. The molecule has 0 aromatic heterocycles. The van der Waals surface area contributed by atoms with Gasteiger partial charge in [-0.1, -0.05) is 78.9 Å². The first-order valence-electron chi connectivity index (χ1n) is 19.4. The van der Waals surface area contributed by atoms with Crippen LogP contribution in [0.3, 0.4) is 0 Å². The Morgan fingerprint density at radius 1 is 0.800 bits per heavy atom. The largest absolute Gasteiger partial charge is 0.508 e. The van der Waals surface area contributed by atoms with Crippen LogP contribution in [0.5, 0.6) is 17.2 Å². The van der Waals surface area contributed by atoms with Crippen molar-refractivity contribution in [1.82, 2.24) is 15.1 Å². The van der Waals surface area contributed by atoms with Gasteiger partial charge in [0.15, 0.2) is 6.29 Å². The van der Waals surface area contributed by atoms with Crippen molar-refractivity contribution in [3.63, 3.8) is 0 Å². The van der Waals surface area contributed by atoms with E-state index in [-0.39, 0.29) is 17.8 Å². The molecule has 0 bridgehead atoms. The van der Waals surface area contributed by atoms with Crippen LogP contribution < -0.4 is 15.4 Å². The van der Waals surface area contributed by atoms with Crippen molar-refractivity contribution in [3.8, 4) is 17.2 Å². The number of benzene rings is 4. The van der Waals surface area contributed by atoms with Crippen LogP contribution in [0.25, 0.3) is 0 Å². The fourth-order valence-corrected chi connectivity index (χ4v) is 7.05. The summed E-state index contributed by atoms with van der Waals surface area (Å²) in [6.45, 7) is 6.71. The number of aldehydes is 2. The van der Waals surface area contributed by atoms with Gasteiger partial charge in [0, 0.05) is 44.1 Å². The molecule has 1 fully saturated rings. The summed E-state index contributed by atoms with van der Waals surface area (Å²) in [6, 6.07) is 30.5. The lowest BCUT2D eigenvalue weighted by Crippen LogP contribution is -2.41. The number of aromatic hydroxyl groups is 2. The molecule has 0 aliphatic carbocycles.